The van der Waals surface area contributed by atoms with Gasteiger partial charge in [-0.2, -0.15) is 8.78 Å². The summed E-state index contributed by atoms with van der Waals surface area (Å²) in [4.78, 5) is 6.63. The molecule has 27 heavy (non-hydrogen) atoms. The van der Waals surface area contributed by atoms with Crippen molar-refractivity contribution >= 4 is 5.96 Å². The molecule has 2 N–H and O–H groups in total. The Balaban J connectivity index is 1.84. The van der Waals surface area contributed by atoms with E-state index in [-0.39, 0.29) is 5.75 Å². The molecular formula is C19H30F2N4O2. The average Bonchev–Trinajstić information content (AvgIpc) is 2.66. The molecule has 0 aliphatic carbocycles. The molecule has 1 aliphatic rings. The van der Waals surface area contributed by atoms with Gasteiger partial charge in [0.1, 0.15) is 11.5 Å². The number of likely N-dealkylation sites (tertiary alicyclic amines) is 1. The fraction of sp³-hybridized carbons (Fsp3) is 0.632. The van der Waals surface area contributed by atoms with Crippen LogP contribution in [0, 0.1) is 5.92 Å². The first kappa shape index (κ1) is 21.2. The van der Waals surface area contributed by atoms with Crippen molar-refractivity contribution in [1.29, 1.82) is 0 Å². The minimum absolute atomic E-state index is 0.121. The molecule has 1 saturated heterocycles. The lowest BCUT2D eigenvalue weighted by atomic mass is 9.99. The van der Waals surface area contributed by atoms with E-state index in [1.807, 2.05) is 0 Å². The Kier molecular flexibility index (Phi) is 8.57. The standard InChI is InChI=1S/C19H30F2N4O2/c1-14-6-9-25(10-7-14)11-8-23-19(22-2)24-13-15-12-16(26-3)4-5-17(15)27-18(20)21/h4-5,12,14,18H,6-11,13H2,1-3H3,(H2,22,23,24). The van der Waals surface area contributed by atoms with Crippen molar-refractivity contribution < 1.29 is 18.3 Å². The highest BCUT2D eigenvalue weighted by molar-refractivity contribution is 5.79. The van der Waals surface area contributed by atoms with E-state index >= 15 is 0 Å². The largest absolute Gasteiger partial charge is 0.497 e. The van der Waals surface area contributed by atoms with E-state index < -0.39 is 6.61 Å². The van der Waals surface area contributed by atoms with E-state index in [2.05, 4.69) is 32.2 Å². The third kappa shape index (κ3) is 7.21. The summed E-state index contributed by atoms with van der Waals surface area (Å²) in [5.41, 5.74) is 0.572. The van der Waals surface area contributed by atoms with Crippen molar-refractivity contribution in [3.63, 3.8) is 0 Å². The predicted octanol–water partition coefficient (Wildman–Crippen LogP) is 2.69. The van der Waals surface area contributed by atoms with Gasteiger partial charge in [-0.15, -0.1) is 0 Å². The SMILES string of the molecule is CN=C(NCCN1CCC(C)CC1)NCc1cc(OC)ccc1OC(F)F. The number of rotatable bonds is 8. The second-order valence-corrected chi connectivity index (χ2v) is 6.73. The molecule has 2 rings (SSSR count). The van der Waals surface area contributed by atoms with E-state index in [4.69, 9.17) is 4.74 Å². The maximum atomic E-state index is 12.6. The van der Waals surface area contributed by atoms with Gasteiger partial charge >= 0.3 is 6.61 Å². The van der Waals surface area contributed by atoms with Crippen LogP contribution >= 0.6 is 0 Å². The quantitative estimate of drug-likeness (QED) is 0.533. The summed E-state index contributed by atoms with van der Waals surface area (Å²) in [6.07, 6.45) is 2.49. The Morgan fingerprint density at radius 2 is 2.04 bits per heavy atom. The van der Waals surface area contributed by atoms with Gasteiger partial charge in [0.15, 0.2) is 5.96 Å². The maximum Gasteiger partial charge on any atom is 0.387 e. The Morgan fingerprint density at radius 1 is 1.30 bits per heavy atom. The van der Waals surface area contributed by atoms with Crippen LogP contribution in [0.15, 0.2) is 23.2 Å². The molecule has 1 fully saturated rings. The van der Waals surface area contributed by atoms with Crippen molar-refractivity contribution in [3.8, 4) is 11.5 Å². The molecule has 1 aliphatic heterocycles. The van der Waals surface area contributed by atoms with E-state index in [0.717, 1.165) is 32.1 Å². The normalized spacial score (nSPS) is 16.4. The molecular weight excluding hydrogens is 354 g/mol. The van der Waals surface area contributed by atoms with Gasteiger partial charge in [-0.25, -0.2) is 0 Å². The number of nitrogens with one attached hydrogen (secondary N) is 2. The summed E-state index contributed by atoms with van der Waals surface area (Å²) >= 11 is 0. The highest BCUT2D eigenvalue weighted by atomic mass is 19.3. The summed E-state index contributed by atoms with van der Waals surface area (Å²) in [6, 6.07) is 4.75. The summed E-state index contributed by atoms with van der Waals surface area (Å²) in [5.74, 6) is 2.13. The molecule has 0 saturated carbocycles. The van der Waals surface area contributed by atoms with Crippen LogP contribution in [0.1, 0.15) is 25.3 Å². The topological polar surface area (TPSA) is 58.1 Å². The molecule has 1 heterocycles. The number of methoxy groups -OCH3 is 1. The van der Waals surface area contributed by atoms with Crippen LogP contribution in [-0.4, -0.2) is 57.8 Å². The summed E-state index contributed by atoms with van der Waals surface area (Å²) in [6.45, 7) is 3.70. The number of guanidine groups is 1. The fourth-order valence-electron chi connectivity index (χ4n) is 3.05. The van der Waals surface area contributed by atoms with E-state index in [1.165, 1.54) is 26.0 Å². The van der Waals surface area contributed by atoms with Gasteiger partial charge in [0.25, 0.3) is 0 Å². The van der Waals surface area contributed by atoms with Crippen LogP contribution in [0.2, 0.25) is 0 Å². The Hall–Kier alpha value is -2.09. The molecule has 1 aromatic rings. The Morgan fingerprint density at radius 3 is 2.67 bits per heavy atom. The number of benzene rings is 1. The van der Waals surface area contributed by atoms with E-state index in [0.29, 0.717) is 23.8 Å². The minimum atomic E-state index is -2.87. The van der Waals surface area contributed by atoms with Gasteiger partial charge in [-0.1, -0.05) is 6.92 Å². The molecule has 0 bridgehead atoms. The lowest BCUT2D eigenvalue weighted by Gasteiger charge is -2.30. The lowest BCUT2D eigenvalue weighted by Crippen LogP contribution is -2.43. The lowest BCUT2D eigenvalue weighted by molar-refractivity contribution is -0.0504. The first-order valence-corrected chi connectivity index (χ1v) is 9.30. The van der Waals surface area contributed by atoms with Gasteiger partial charge in [0.05, 0.1) is 7.11 Å². The highest BCUT2D eigenvalue weighted by Gasteiger charge is 2.15. The van der Waals surface area contributed by atoms with Crippen molar-refractivity contribution in [2.75, 3.05) is 40.3 Å². The number of piperidine rings is 1. The minimum Gasteiger partial charge on any atom is -0.497 e. The molecule has 0 atom stereocenters. The van der Waals surface area contributed by atoms with Crippen molar-refractivity contribution in [2.45, 2.75) is 32.9 Å². The van der Waals surface area contributed by atoms with Gasteiger partial charge in [-0.05, 0) is 50.0 Å². The summed E-state index contributed by atoms with van der Waals surface area (Å²) < 4.78 is 35.0. The monoisotopic (exact) mass is 384 g/mol. The third-order valence-corrected chi connectivity index (χ3v) is 4.75. The average molecular weight is 384 g/mol. The Labute approximate surface area is 159 Å². The summed E-state index contributed by atoms with van der Waals surface area (Å²) in [5, 5.41) is 6.40. The zero-order valence-electron chi connectivity index (χ0n) is 16.3. The van der Waals surface area contributed by atoms with E-state index in [1.54, 1.807) is 19.2 Å². The molecule has 1 aromatic carbocycles. The molecule has 8 heteroatoms. The van der Waals surface area contributed by atoms with Crippen LogP contribution in [0.4, 0.5) is 8.78 Å². The van der Waals surface area contributed by atoms with Gasteiger partial charge < -0.3 is 25.0 Å². The van der Waals surface area contributed by atoms with Gasteiger partial charge in [0, 0.05) is 32.2 Å². The second kappa shape index (κ2) is 10.9. The molecule has 0 radical (unpaired) electrons. The van der Waals surface area contributed by atoms with E-state index in [9.17, 15) is 8.78 Å². The fourth-order valence-corrected chi connectivity index (χ4v) is 3.05. The number of aliphatic imine (C=N–C) groups is 1. The molecule has 0 aromatic heterocycles. The number of ether oxygens (including phenoxy) is 2. The van der Waals surface area contributed by atoms with Crippen LogP contribution in [0.25, 0.3) is 0 Å². The smallest absolute Gasteiger partial charge is 0.387 e. The number of nitrogens with zero attached hydrogens (tertiary/aromatic N) is 2. The van der Waals surface area contributed by atoms with Gasteiger partial charge in [0.2, 0.25) is 0 Å². The first-order chi connectivity index (χ1) is 13.0. The van der Waals surface area contributed by atoms with Crippen molar-refractivity contribution in [3.05, 3.63) is 23.8 Å². The number of alkyl halides is 2. The predicted molar refractivity (Wildman–Crippen MR) is 103 cm³/mol. The number of halogens is 2. The molecule has 0 unspecified atom stereocenters. The van der Waals surface area contributed by atoms with Crippen LogP contribution < -0.4 is 20.1 Å². The van der Waals surface area contributed by atoms with Crippen molar-refractivity contribution in [2.24, 2.45) is 10.9 Å². The molecule has 152 valence electrons. The molecule has 0 spiro atoms. The zero-order chi connectivity index (χ0) is 19.6. The highest BCUT2D eigenvalue weighted by Crippen LogP contribution is 2.25. The number of hydrogen-bond donors (Lipinski definition) is 2. The summed E-state index contributed by atoms with van der Waals surface area (Å²) in [7, 11) is 3.21. The maximum absolute atomic E-state index is 12.6. The number of hydrogen-bond acceptors (Lipinski definition) is 4. The third-order valence-electron chi connectivity index (χ3n) is 4.75. The van der Waals surface area contributed by atoms with Crippen molar-refractivity contribution in [1.82, 2.24) is 15.5 Å². The molecule has 0 amide bonds. The first-order valence-electron chi connectivity index (χ1n) is 9.30. The van der Waals surface area contributed by atoms with Crippen LogP contribution in [0.5, 0.6) is 11.5 Å². The second-order valence-electron chi connectivity index (χ2n) is 6.73. The van der Waals surface area contributed by atoms with Crippen LogP contribution in [0.3, 0.4) is 0 Å². The zero-order valence-corrected chi connectivity index (χ0v) is 16.3. The van der Waals surface area contributed by atoms with Gasteiger partial charge in [-0.3, -0.25) is 4.99 Å². The molecule has 6 nitrogen and oxygen atoms in total. The van der Waals surface area contributed by atoms with Crippen LogP contribution in [-0.2, 0) is 6.54 Å². The Bertz CT molecular complexity index is 605.